The minimum absolute atomic E-state index is 0.127. The minimum atomic E-state index is -0.640. The average molecular weight is 324 g/mol. The highest BCUT2D eigenvalue weighted by Gasteiger charge is 2.31. The zero-order valence-corrected chi connectivity index (χ0v) is 13.5. The highest BCUT2D eigenvalue weighted by molar-refractivity contribution is 5.96. The van der Waals surface area contributed by atoms with Crippen LogP contribution in [0.15, 0.2) is 48.5 Å². The third-order valence-corrected chi connectivity index (χ3v) is 4.21. The molecule has 0 spiro atoms. The van der Waals surface area contributed by atoms with Crippen LogP contribution in [0, 0.1) is 6.92 Å². The van der Waals surface area contributed by atoms with Gasteiger partial charge in [0.1, 0.15) is 0 Å². The SMILES string of the molecule is Cc1cccc(C(=O)NCC(=O)NC2c3ccccc3CC2O)c1. The van der Waals surface area contributed by atoms with Crippen molar-refractivity contribution in [2.24, 2.45) is 0 Å². The molecule has 3 rings (SSSR count). The number of hydrogen-bond acceptors (Lipinski definition) is 3. The predicted molar refractivity (Wildman–Crippen MR) is 90.5 cm³/mol. The van der Waals surface area contributed by atoms with Crippen molar-refractivity contribution in [1.29, 1.82) is 0 Å². The molecule has 2 amide bonds. The molecule has 1 aliphatic carbocycles. The lowest BCUT2D eigenvalue weighted by molar-refractivity contribution is -0.121. The van der Waals surface area contributed by atoms with Crippen LogP contribution in [0.1, 0.15) is 33.1 Å². The number of carbonyl (C=O) groups is 2. The van der Waals surface area contributed by atoms with E-state index in [2.05, 4.69) is 10.6 Å². The van der Waals surface area contributed by atoms with Crippen molar-refractivity contribution in [2.75, 3.05) is 6.54 Å². The van der Waals surface area contributed by atoms with Crippen LogP contribution in [-0.4, -0.2) is 29.6 Å². The van der Waals surface area contributed by atoms with E-state index in [4.69, 9.17) is 0 Å². The van der Waals surface area contributed by atoms with E-state index in [-0.39, 0.29) is 18.4 Å². The number of fused-ring (bicyclic) bond motifs is 1. The first-order valence-electron chi connectivity index (χ1n) is 7.94. The van der Waals surface area contributed by atoms with Crippen LogP contribution >= 0.6 is 0 Å². The molecule has 0 saturated heterocycles. The first kappa shape index (κ1) is 16.2. The largest absolute Gasteiger partial charge is 0.390 e. The van der Waals surface area contributed by atoms with Gasteiger partial charge in [0, 0.05) is 12.0 Å². The third kappa shape index (κ3) is 3.46. The van der Waals surface area contributed by atoms with E-state index in [0.29, 0.717) is 12.0 Å². The number of carbonyl (C=O) groups excluding carboxylic acids is 2. The van der Waals surface area contributed by atoms with Crippen molar-refractivity contribution in [2.45, 2.75) is 25.5 Å². The molecule has 3 N–H and O–H groups in total. The summed E-state index contributed by atoms with van der Waals surface area (Å²) in [6.07, 6.45) is -0.115. The summed E-state index contributed by atoms with van der Waals surface area (Å²) < 4.78 is 0. The molecule has 1 aliphatic rings. The monoisotopic (exact) mass is 324 g/mol. The molecule has 2 unspecified atom stereocenters. The summed E-state index contributed by atoms with van der Waals surface area (Å²) in [5.41, 5.74) is 3.48. The summed E-state index contributed by atoms with van der Waals surface area (Å²) in [5.74, 6) is -0.613. The second kappa shape index (κ2) is 6.84. The Bertz CT molecular complexity index is 773. The Hall–Kier alpha value is -2.66. The van der Waals surface area contributed by atoms with Crippen LogP contribution in [-0.2, 0) is 11.2 Å². The van der Waals surface area contributed by atoms with Gasteiger partial charge in [-0.2, -0.15) is 0 Å². The molecule has 2 aromatic rings. The Balaban J connectivity index is 1.57. The maximum Gasteiger partial charge on any atom is 0.251 e. The molecule has 0 aliphatic heterocycles. The van der Waals surface area contributed by atoms with Gasteiger partial charge in [0.15, 0.2) is 0 Å². The van der Waals surface area contributed by atoms with Gasteiger partial charge in [0.25, 0.3) is 5.91 Å². The Labute approximate surface area is 140 Å². The number of benzene rings is 2. The van der Waals surface area contributed by atoms with Crippen molar-refractivity contribution in [3.8, 4) is 0 Å². The number of aliphatic hydroxyl groups excluding tert-OH is 1. The van der Waals surface area contributed by atoms with Gasteiger partial charge in [0.05, 0.1) is 18.7 Å². The topological polar surface area (TPSA) is 78.4 Å². The van der Waals surface area contributed by atoms with Gasteiger partial charge in [-0.05, 0) is 30.2 Å². The number of amides is 2. The van der Waals surface area contributed by atoms with Gasteiger partial charge in [-0.1, -0.05) is 42.0 Å². The zero-order chi connectivity index (χ0) is 17.1. The normalized spacial score (nSPS) is 18.8. The maximum absolute atomic E-state index is 12.1. The van der Waals surface area contributed by atoms with Gasteiger partial charge < -0.3 is 15.7 Å². The van der Waals surface area contributed by atoms with Crippen LogP contribution in [0.4, 0.5) is 0 Å². The number of nitrogens with one attached hydrogen (secondary N) is 2. The molecule has 0 radical (unpaired) electrons. The Morgan fingerprint density at radius 1 is 1.17 bits per heavy atom. The molecular weight excluding hydrogens is 304 g/mol. The molecule has 0 saturated carbocycles. The summed E-state index contributed by atoms with van der Waals surface area (Å²) >= 11 is 0. The lowest BCUT2D eigenvalue weighted by atomic mass is 10.1. The molecule has 0 aromatic heterocycles. The van der Waals surface area contributed by atoms with Gasteiger partial charge in [-0.3, -0.25) is 9.59 Å². The van der Waals surface area contributed by atoms with Crippen molar-refractivity contribution >= 4 is 11.8 Å². The van der Waals surface area contributed by atoms with Crippen molar-refractivity contribution in [3.63, 3.8) is 0 Å². The summed E-state index contributed by atoms with van der Waals surface area (Å²) in [4.78, 5) is 24.2. The second-order valence-electron chi connectivity index (χ2n) is 6.07. The molecule has 5 heteroatoms. The summed E-state index contributed by atoms with van der Waals surface area (Å²) in [6.45, 7) is 1.78. The molecule has 2 atom stereocenters. The fourth-order valence-corrected chi connectivity index (χ4v) is 3.02. The molecule has 124 valence electrons. The van der Waals surface area contributed by atoms with E-state index in [1.807, 2.05) is 37.3 Å². The molecule has 0 bridgehead atoms. The summed E-state index contributed by atoms with van der Waals surface area (Å²) in [7, 11) is 0. The minimum Gasteiger partial charge on any atom is -0.390 e. The first-order chi connectivity index (χ1) is 11.5. The van der Waals surface area contributed by atoms with E-state index in [1.54, 1.807) is 18.2 Å². The van der Waals surface area contributed by atoms with Crippen molar-refractivity contribution in [3.05, 3.63) is 70.8 Å². The first-order valence-corrected chi connectivity index (χ1v) is 7.94. The average Bonchev–Trinajstić information content (AvgIpc) is 2.88. The Morgan fingerprint density at radius 3 is 2.75 bits per heavy atom. The van der Waals surface area contributed by atoms with Crippen LogP contribution in [0.5, 0.6) is 0 Å². The highest BCUT2D eigenvalue weighted by atomic mass is 16.3. The van der Waals surface area contributed by atoms with Gasteiger partial charge >= 0.3 is 0 Å². The van der Waals surface area contributed by atoms with Crippen molar-refractivity contribution < 1.29 is 14.7 Å². The third-order valence-electron chi connectivity index (χ3n) is 4.21. The number of rotatable bonds is 4. The quantitative estimate of drug-likeness (QED) is 0.797. The van der Waals surface area contributed by atoms with Gasteiger partial charge in [-0.25, -0.2) is 0 Å². The number of aliphatic hydroxyl groups is 1. The molecule has 24 heavy (non-hydrogen) atoms. The van der Waals surface area contributed by atoms with E-state index >= 15 is 0 Å². The number of aryl methyl sites for hydroxylation is 1. The highest BCUT2D eigenvalue weighted by Crippen LogP contribution is 2.30. The molecule has 0 heterocycles. The zero-order valence-electron chi connectivity index (χ0n) is 13.5. The van der Waals surface area contributed by atoms with E-state index in [1.165, 1.54) is 0 Å². The van der Waals surface area contributed by atoms with Crippen LogP contribution in [0.2, 0.25) is 0 Å². The van der Waals surface area contributed by atoms with E-state index in [0.717, 1.165) is 16.7 Å². The van der Waals surface area contributed by atoms with E-state index < -0.39 is 12.1 Å². The van der Waals surface area contributed by atoms with Crippen molar-refractivity contribution in [1.82, 2.24) is 10.6 Å². The Morgan fingerprint density at radius 2 is 1.96 bits per heavy atom. The lowest BCUT2D eigenvalue weighted by Gasteiger charge is -2.18. The van der Waals surface area contributed by atoms with E-state index in [9.17, 15) is 14.7 Å². The molecule has 2 aromatic carbocycles. The van der Waals surface area contributed by atoms with Gasteiger partial charge in [-0.15, -0.1) is 0 Å². The molecular formula is C19H20N2O3. The van der Waals surface area contributed by atoms with Crippen LogP contribution in [0.3, 0.4) is 0 Å². The summed E-state index contributed by atoms with van der Waals surface area (Å²) in [6, 6.07) is 14.4. The standard InChI is InChI=1S/C19H20N2O3/c1-12-5-4-7-14(9-12)19(24)20-11-17(23)21-18-15-8-3-2-6-13(15)10-16(18)22/h2-9,16,18,22H,10-11H2,1H3,(H,20,24)(H,21,23). The fraction of sp³-hybridized carbons (Fsp3) is 0.263. The lowest BCUT2D eigenvalue weighted by Crippen LogP contribution is -2.41. The van der Waals surface area contributed by atoms with Crippen LogP contribution in [0.25, 0.3) is 0 Å². The Kier molecular flexibility index (Phi) is 4.62. The maximum atomic E-state index is 12.1. The fourth-order valence-electron chi connectivity index (χ4n) is 3.02. The predicted octanol–water partition coefficient (Wildman–Crippen LogP) is 1.50. The second-order valence-corrected chi connectivity index (χ2v) is 6.07. The molecule has 0 fully saturated rings. The van der Waals surface area contributed by atoms with Gasteiger partial charge in [0.2, 0.25) is 5.91 Å². The number of hydrogen-bond donors (Lipinski definition) is 3. The summed E-state index contributed by atoms with van der Waals surface area (Å²) in [5, 5.41) is 15.5. The molecule has 5 nitrogen and oxygen atoms in total. The van der Waals surface area contributed by atoms with Crippen LogP contribution < -0.4 is 10.6 Å². The smallest absolute Gasteiger partial charge is 0.251 e.